The summed E-state index contributed by atoms with van der Waals surface area (Å²) in [5, 5.41) is 9.52. The van der Waals surface area contributed by atoms with Crippen molar-refractivity contribution in [2.75, 3.05) is 31.1 Å². The van der Waals surface area contributed by atoms with Crippen LogP contribution in [0.1, 0.15) is 5.56 Å². The average molecular weight is 370 g/mol. The SMILES string of the molecule is N#C/C(=C/c1c(F)cccc1Cl)C(=O)N1CCN(c2ccccc2)CC1. The summed E-state index contributed by atoms with van der Waals surface area (Å²) in [6.07, 6.45) is 1.23. The van der Waals surface area contributed by atoms with Crippen molar-refractivity contribution < 1.29 is 9.18 Å². The van der Waals surface area contributed by atoms with E-state index in [1.807, 2.05) is 36.4 Å². The second-order valence-electron chi connectivity index (χ2n) is 5.92. The third kappa shape index (κ3) is 3.87. The zero-order valence-electron chi connectivity index (χ0n) is 14.0. The van der Waals surface area contributed by atoms with Gasteiger partial charge in [0, 0.05) is 37.4 Å². The lowest BCUT2D eigenvalue weighted by Crippen LogP contribution is -2.49. The Hall–Kier alpha value is -2.84. The van der Waals surface area contributed by atoms with Crippen molar-refractivity contribution in [2.45, 2.75) is 0 Å². The van der Waals surface area contributed by atoms with Gasteiger partial charge < -0.3 is 9.80 Å². The predicted octanol–water partition coefficient (Wildman–Crippen LogP) is 3.73. The smallest absolute Gasteiger partial charge is 0.264 e. The van der Waals surface area contributed by atoms with Crippen molar-refractivity contribution in [3.05, 3.63) is 70.5 Å². The lowest BCUT2D eigenvalue weighted by Gasteiger charge is -2.36. The van der Waals surface area contributed by atoms with Gasteiger partial charge in [-0.05, 0) is 30.3 Å². The molecule has 2 aromatic rings. The van der Waals surface area contributed by atoms with Gasteiger partial charge in [-0.25, -0.2) is 4.39 Å². The standard InChI is InChI=1S/C20H17ClFN3O/c21-18-7-4-8-19(22)17(18)13-15(14-23)20(26)25-11-9-24(10-12-25)16-5-2-1-3-6-16/h1-8,13H,9-12H2/b15-13-. The number of anilines is 1. The quantitative estimate of drug-likeness (QED) is 0.611. The fraction of sp³-hybridized carbons (Fsp3) is 0.200. The van der Waals surface area contributed by atoms with E-state index in [-0.39, 0.29) is 16.2 Å². The summed E-state index contributed by atoms with van der Waals surface area (Å²) in [6, 6.07) is 16.1. The average Bonchev–Trinajstić information content (AvgIpc) is 2.68. The molecule has 1 aliphatic rings. The first-order valence-corrected chi connectivity index (χ1v) is 8.63. The van der Waals surface area contributed by atoms with Gasteiger partial charge in [-0.15, -0.1) is 0 Å². The maximum absolute atomic E-state index is 13.9. The minimum absolute atomic E-state index is 0.0574. The third-order valence-electron chi connectivity index (χ3n) is 4.33. The maximum atomic E-state index is 13.9. The minimum Gasteiger partial charge on any atom is -0.368 e. The number of nitrogens with zero attached hydrogens (tertiary/aromatic N) is 3. The second kappa shape index (κ2) is 8.03. The number of amides is 1. The molecule has 4 nitrogen and oxygen atoms in total. The summed E-state index contributed by atoms with van der Waals surface area (Å²) in [7, 11) is 0. The van der Waals surface area contributed by atoms with Crippen molar-refractivity contribution in [3.8, 4) is 6.07 Å². The van der Waals surface area contributed by atoms with E-state index in [0.717, 1.165) is 5.69 Å². The summed E-state index contributed by atoms with van der Waals surface area (Å²) < 4.78 is 13.9. The van der Waals surface area contributed by atoms with Crippen LogP contribution in [-0.4, -0.2) is 37.0 Å². The van der Waals surface area contributed by atoms with Crippen LogP contribution in [-0.2, 0) is 4.79 Å². The van der Waals surface area contributed by atoms with Crippen LogP contribution in [0.25, 0.3) is 6.08 Å². The zero-order valence-corrected chi connectivity index (χ0v) is 14.8. The van der Waals surface area contributed by atoms with Gasteiger partial charge in [-0.3, -0.25) is 4.79 Å². The van der Waals surface area contributed by atoms with Crippen LogP contribution in [0, 0.1) is 17.1 Å². The van der Waals surface area contributed by atoms with E-state index in [1.54, 1.807) is 4.90 Å². The number of rotatable bonds is 3. The monoisotopic (exact) mass is 369 g/mol. The van der Waals surface area contributed by atoms with E-state index in [2.05, 4.69) is 4.90 Å². The van der Waals surface area contributed by atoms with Crippen LogP contribution in [0.2, 0.25) is 5.02 Å². The Morgan fingerprint density at radius 1 is 1.08 bits per heavy atom. The summed E-state index contributed by atoms with van der Waals surface area (Å²) >= 11 is 5.98. The normalized spacial score (nSPS) is 14.9. The first kappa shape index (κ1) is 18.0. The van der Waals surface area contributed by atoms with Crippen LogP contribution < -0.4 is 4.90 Å². The van der Waals surface area contributed by atoms with Crippen molar-refractivity contribution in [1.82, 2.24) is 4.90 Å². The van der Waals surface area contributed by atoms with Gasteiger partial charge in [0.2, 0.25) is 0 Å². The van der Waals surface area contributed by atoms with Gasteiger partial charge in [0.05, 0.1) is 5.02 Å². The topological polar surface area (TPSA) is 47.3 Å². The van der Waals surface area contributed by atoms with E-state index in [0.29, 0.717) is 26.2 Å². The van der Waals surface area contributed by atoms with Crippen molar-refractivity contribution in [2.24, 2.45) is 0 Å². The van der Waals surface area contributed by atoms with Gasteiger partial charge in [-0.1, -0.05) is 35.9 Å². The summed E-state index contributed by atoms with van der Waals surface area (Å²) in [4.78, 5) is 16.5. The summed E-state index contributed by atoms with van der Waals surface area (Å²) in [5.41, 5.74) is 1.04. The number of para-hydroxylation sites is 1. The Morgan fingerprint density at radius 3 is 2.38 bits per heavy atom. The van der Waals surface area contributed by atoms with E-state index >= 15 is 0 Å². The fourth-order valence-corrected chi connectivity index (χ4v) is 3.13. The molecule has 2 aromatic carbocycles. The molecule has 1 heterocycles. The molecule has 0 unspecified atom stereocenters. The maximum Gasteiger partial charge on any atom is 0.264 e. The highest BCUT2D eigenvalue weighted by atomic mass is 35.5. The molecule has 1 aliphatic heterocycles. The highest BCUT2D eigenvalue weighted by Gasteiger charge is 2.24. The zero-order chi connectivity index (χ0) is 18.5. The van der Waals surface area contributed by atoms with Gasteiger partial charge >= 0.3 is 0 Å². The number of halogens is 2. The first-order chi connectivity index (χ1) is 12.6. The Labute approximate surface area is 156 Å². The minimum atomic E-state index is -0.563. The number of hydrogen-bond acceptors (Lipinski definition) is 3. The number of carbonyl (C=O) groups excluding carboxylic acids is 1. The molecule has 0 aliphatic carbocycles. The molecule has 132 valence electrons. The van der Waals surface area contributed by atoms with Crippen molar-refractivity contribution in [3.63, 3.8) is 0 Å². The lowest BCUT2D eigenvalue weighted by molar-refractivity contribution is -0.126. The molecular weight excluding hydrogens is 353 g/mol. The Morgan fingerprint density at radius 2 is 1.77 bits per heavy atom. The van der Waals surface area contributed by atoms with Gasteiger partial charge in [0.1, 0.15) is 17.5 Å². The fourth-order valence-electron chi connectivity index (χ4n) is 2.91. The van der Waals surface area contributed by atoms with Crippen molar-refractivity contribution in [1.29, 1.82) is 5.26 Å². The number of benzene rings is 2. The van der Waals surface area contributed by atoms with Crippen molar-refractivity contribution >= 4 is 29.3 Å². The number of piperazine rings is 1. The first-order valence-electron chi connectivity index (χ1n) is 8.25. The Bertz CT molecular complexity index is 848. The summed E-state index contributed by atoms with van der Waals surface area (Å²) in [6.45, 7) is 2.35. The van der Waals surface area contributed by atoms with Gasteiger partial charge in [0.15, 0.2) is 0 Å². The second-order valence-corrected chi connectivity index (χ2v) is 6.33. The molecular formula is C20H17ClFN3O. The molecule has 0 saturated carbocycles. The Balaban J connectivity index is 1.73. The van der Waals surface area contributed by atoms with Gasteiger partial charge in [-0.2, -0.15) is 5.26 Å². The van der Waals surface area contributed by atoms with E-state index in [4.69, 9.17) is 11.6 Å². The molecule has 3 rings (SSSR count). The molecule has 0 aromatic heterocycles. The highest BCUT2D eigenvalue weighted by Crippen LogP contribution is 2.23. The number of nitriles is 1. The van der Waals surface area contributed by atoms with Crippen LogP contribution >= 0.6 is 11.6 Å². The highest BCUT2D eigenvalue weighted by molar-refractivity contribution is 6.32. The predicted molar refractivity (Wildman–Crippen MR) is 100 cm³/mol. The van der Waals surface area contributed by atoms with E-state index in [9.17, 15) is 14.4 Å². The molecule has 0 radical (unpaired) electrons. The molecule has 0 spiro atoms. The molecule has 0 bridgehead atoms. The third-order valence-corrected chi connectivity index (χ3v) is 4.66. The molecule has 6 heteroatoms. The number of carbonyl (C=O) groups is 1. The van der Waals surface area contributed by atoms with Crippen LogP contribution in [0.3, 0.4) is 0 Å². The molecule has 26 heavy (non-hydrogen) atoms. The molecule has 0 N–H and O–H groups in total. The lowest BCUT2D eigenvalue weighted by atomic mass is 10.1. The van der Waals surface area contributed by atoms with Crippen LogP contribution in [0.4, 0.5) is 10.1 Å². The summed E-state index contributed by atoms with van der Waals surface area (Å²) in [5.74, 6) is -0.966. The molecule has 1 amide bonds. The molecule has 0 atom stereocenters. The number of hydrogen-bond donors (Lipinski definition) is 0. The van der Waals surface area contributed by atoms with E-state index < -0.39 is 11.7 Å². The van der Waals surface area contributed by atoms with Crippen LogP contribution in [0.5, 0.6) is 0 Å². The van der Waals surface area contributed by atoms with Gasteiger partial charge in [0.25, 0.3) is 5.91 Å². The molecule has 1 fully saturated rings. The largest absolute Gasteiger partial charge is 0.368 e. The Kier molecular flexibility index (Phi) is 5.55. The molecule has 1 saturated heterocycles. The van der Waals surface area contributed by atoms with Crippen LogP contribution in [0.15, 0.2) is 54.1 Å². The van der Waals surface area contributed by atoms with E-state index in [1.165, 1.54) is 24.3 Å².